The molecule has 0 heterocycles. The Morgan fingerprint density at radius 2 is 1.95 bits per heavy atom. The molecule has 0 fully saturated rings. The van der Waals surface area contributed by atoms with Crippen LogP contribution in [0.5, 0.6) is 0 Å². The fraction of sp³-hybridized carbons (Fsp3) is 0.429. The second-order valence-corrected chi connectivity index (χ2v) is 4.74. The first-order valence-corrected chi connectivity index (χ1v) is 6.35. The first-order valence-electron chi connectivity index (χ1n) is 6.35. The van der Waals surface area contributed by atoms with Gasteiger partial charge in [0.2, 0.25) is 5.91 Å². The summed E-state index contributed by atoms with van der Waals surface area (Å²) in [4.78, 5) is 23.5. The first-order chi connectivity index (χ1) is 8.93. The van der Waals surface area contributed by atoms with Crippen LogP contribution in [0.2, 0.25) is 0 Å². The van der Waals surface area contributed by atoms with Crippen LogP contribution in [-0.4, -0.2) is 24.4 Å². The highest BCUT2D eigenvalue weighted by atomic mass is 35.5. The summed E-state index contributed by atoms with van der Waals surface area (Å²) in [5.74, 6) is -0.288. The molecule has 1 aromatic rings. The number of benzene rings is 1. The smallest absolute Gasteiger partial charge is 0.251 e. The van der Waals surface area contributed by atoms with E-state index in [-0.39, 0.29) is 36.7 Å². The lowest BCUT2D eigenvalue weighted by Gasteiger charge is -2.12. The summed E-state index contributed by atoms with van der Waals surface area (Å²) in [6.45, 7) is 5.97. The topological polar surface area (TPSA) is 84.2 Å². The van der Waals surface area contributed by atoms with Gasteiger partial charge in [0.15, 0.2) is 0 Å². The van der Waals surface area contributed by atoms with Crippen LogP contribution in [0.4, 0.5) is 5.69 Å². The summed E-state index contributed by atoms with van der Waals surface area (Å²) >= 11 is 0. The number of aryl methyl sites for hydroxylation is 1. The summed E-state index contributed by atoms with van der Waals surface area (Å²) in [6.07, 6.45) is 0.265. The molecule has 0 radical (unpaired) electrons. The average molecular weight is 300 g/mol. The summed E-state index contributed by atoms with van der Waals surface area (Å²) in [7, 11) is 0. The van der Waals surface area contributed by atoms with Crippen LogP contribution in [0, 0.1) is 6.92 Å². The second-order valence-electron chi connectivity index (χ2n) is 4.74. The van der Waals surface area contributed by atoms with Crippen LogP contribution in [0.1, 0.15) is 36.2 Å². The molecular weight excluding hydrogens is 278 g/mol. The van der Waals surface area contributed by atoms with Crippen LogP contribution >= 0.6 is 12.4 Å². The minimum Gasteiger partial charge on any atom is -0.350 e. The summed E-state index contributed by atoms with van der Waals surface area (Å²) in [6, 6.07) is 5.34. The molecule has 6 heteroatoms. The molecular formula is C14H22ClN3O2. The van der Waals surface area contributed by atoms with Crippen molar-refractivity contribution in [3.8, 4) is 0 Å². The number of anilines is 1. The zero-order valence-electron chi connectivity index (χ0n) is 12.0. The molecule has 5 nitrogen and oxygen atoms in total. The van der Waals surface area contributed by atoms with Gasteiger partial charge in [0.25, 0.3) is 5.91 Å². The van der Waals surface area contributed by atoms with Crippen LogP contribution in [0.15, 0.2) is 18.2 Å². The maximum Gasteiger partial charge on any atom is 0.251 e. The molecule has 0 unspecified atom stereocenters. The molecule has 0 aliphatic carbocycles. The SMILES string of the molecule is Cc1ccc(NC(=O)CCN)cc1C(=O)NC(C)C.Cl. The van der Waals surface area contributed by atoms with Gasteiger partial charge in [-0.1, -0.05) is 6.07 Å². The average Bonchev–Trinajstić information content (AvgIpc) is 2.31. The molecule has 0 saturated heterocycles. The maximum atomic E-state index is 12.0. The quantitative estimate of drug-likeness (QED) is 0.775. The third-order valence-corrected chi connectivity index (χ3v) is 2.56. The standard InChI is InChI=1S/C14H21N3O2.ClH/c1-9(2)16-14(19)12-8-11(5-4-10(12)3)17-13(18)6-7-15;/h4-5,8-9H,6-7,15H2,1-3H3,(H,16,19)(H,17,18);1H. The lowest BCUT2D eigenvalue weighted by Crippen LogP contribution is -2.30. The Hall–Kier alpha value is -1.59. The van der Waals surface area contributed by atoms with Crippen molar-refractivity contribution >= 4 is 29.9 Å². The third kappa shape index (κ3) is 5.59. The number of amides is 2. The molecule has 1 rings (SSSR count). The van der Waals surface area contributed by atoms with Crippen LogP contribution in [0.25, 0.3) is 0 Å². The van der Waals surface area contributed by atoms with Crippen molar-refractivity contribution in [1.82, 2.24) is 5.32 Å². The van der Waals surface area contributed by atoms with Gasteiger partial charge in [0.1, 0.15) is 0 Å². The molecule has 1 aromatic carbocycles. The van der Waals surface area contributed by atoms with Gasteiger partial charge in [0, 0.05) is 30.3 Å². The number of carbonyl (C=O) groups is 2. The van der Waals surface area contributed by atoms with E-state index in [1.165, 1.54) is 0 Å². The zero-order valence-corrected chi connectivity index (χ0v) is 12.8. The fourth-order valence-corrected chi connectivity index (χ4v) is 1.64. The Balaban J connectivity index is 0.00000361. The summed E-state index contributed by atoms with van der Waals surface area (Å²) in [5, 5.41) is 5.55. The minimum atomic E-state index is -0.151. The van der Waals surface area contributed by atoms with Crippen LogP contribution in [0.3, 0.4) is 0 Å². The van der Waals surface area contributed by atoms with Crippen molar-refractivity contribution in [2.45, 2.75) is 33.2 Å². The molecule has 4 N–H and O–H groups in total. The van der Waals surface area contributed by atoms with Gasteiger partial charge >= 0.3 is 0 Å². The highest BCUT2D eigenvalue weighted by Gasteiger charge is 2.11. The van der Waals surface area contributed by atoms with Crippen molar-refractivity contribution in [3.63, 3.8) is 0 Å². The van der Waals surface area contributed by atoms with E-state index in [0.29, 0.717) is 17.8 Å². The molecule has 112 valence electrons. The largest absolute Gasteiger partial charge is 0.350 e. The van der Waals surface area contributed by atoms with Crippen LogP contribution in [-0.2, 0) is 4.79 Å². The van der Waals surface area contributed by atoms with E-state index in [1.54, 1.807) is 12.1 Å². The lowest BCUT2D eigenvalue weighted by molar-refractivity contribution is -0.116. The van der Waals surface area contributed by atoms with Crippen molar-refractivity contribution < 1.29 is 9.59 Å². The Kier molecular flexibility index (Phi) is 7.87. The summed E-state index contributed by atoms with van der Waals surface area (Å²) in [5.41, 5.74) is 7.36. The van der Waals surface area contributed by atoms with Gasteiger partial charge in [-0.3, -0.25) is 9.59 Å². The second kappa shape index (κ2) is 8.55. The van der Waals surface area contributed by atoms with Gasteiger partial charge in [-0.25, -0.2) is 0 Å². The van der Waals surface area contributed by atoms with Crippen molar-refractivity contribution in [3.05, 3.63) is 29.3 Å². The molecule has 0 aromatic heterocycles. The lowest BCUT2D eigenvalue weighted by atomic mass is 10.1. The summed E-state index contributed by atoms with van der Waals surface area (Å²) < 4.78 is 0. The normalized spacial score (nSPS) is 9.85. The van der Waals surface area contributed by atoms with E-state index in [0.717, 1.165) is 5.56 Å². The van der Waals surface area contributed by atoms with Gasteiger partial charge < -0.3 is 16.4 Å². The Bertz CT molecular complexity index is 475. The van der Waals surface area contributed by atoms with Crippen molar-refractivity contribution in [2.24, 2.45) is 5.73 Å². The number of nitrogens with two attached hydrogens (primary N) is 1. The molecule has 0 spiro atoms. The first kappa shape index (κ1) is 18.4. The van der Waals surface area contributed by atoms with Crippen molar-refractivity contribution in [1.29, 1.82) is 0 Å². The van der Waals surface area contributed by atoms with Gasteiger partial charge in [-0.2, -0.15) is 0 Å². The molecule has 0 bridgehead atoms. The number of halogens is 1. The number of hydrogen-bond acceptors (Lipinski definition) is 3. The predicted octanol–water partition coefficient (Wildman–Crippen LogP) is 1.84. The molecule has 0 atom stereocenters. The molecule has 0 saturated carbocycles. The predicted molar refractivity (Wildman–Crippen MR) is 83.3 cm³/mol. The monoisotopic (exact) mass is 299 g/mol. The Morgan fingerprint density at radius 3 is 2.50 bits per heavy atom. The number of rotatable bonds is 5. The van der Waals surface area contributed by atoms with E-state index >= 15 is 0 Å². The molecule has 2 amide bonds. The number of carbonyl (C=O) groups excluding carboxylic acids is 2. The molecule has 0 aliphatic rings. The molecule has 20 heavy (non-hydrogen) atoms. The Morgan fingerprint density at radius 1 is 1.30 bits per heavy atom. The van der Waals surface area contributed by atoms with E-state index in [1.807, 2.05) is 26.8 Å². The van der Waals surface area contributed by atoms with E-state index in [4.69, 9.17) is 5.73 Å². The number of nitrogens with one attached hydrogen (secondary N) is 2. The highest BCUT2D eigenvalue weighted by molar-refractivity contribution is 5.98. The van der Waals surface area contributed by atoms with Crippen molar-refractivity contribution in [2.75, 3.05) is 11.9 Å². The highest BCUT2D eigenvalue weighted by Crippen LogP contribution is 2.15. The zero-order chi connectivity index (χ0) is 14.4. The van der Waals surface area contributed by atoms with Gasteiger partial charge in [-0.15, -0.1) is 12.4 Å². The maximum absolute atomic E-state index is 12.0. The molecule has 0 aliphatic heterocycles. The van der Waals surface area contributed by atoms with E-state index in [9.17, 15) is 9.59 Å². The number of hydrogen-bond donors (Lipinski definition) is 3. The minimum absolute atomic E-state index is 0. The fourth-order valence-electron chi connectivity index (χ4n) is 1.64. The van der Waals surface area contributed by atoms with Gasteiger partial charge in [0.05, 0.1) is 0 Å². The van der Waals surface area contributed by atoms with Gasteiger partial charge in [-0.05, 0) is 38.5 Å². The van der Waals surface area contributed by atoms with E-state index in [2.05, 4.69) is 10.6 Å². The van der Waals surface area contributed by atoms with E-state index < -0.39 is 0 Å². The third-order valence-electron chi connectivity index (χ3n) is 2.56. The van der Waals surface area contributed by atoms with Crippen LogP contribution < -0.4 is 16.4 Å². The Labute approximate surface area is 125 Å².